The molecule has 0 unspecified atom stereocenters. The molecular weight excluding hydrogens is 170 g/mol. The van der Waals surface area contributed by atoms with Crippen LogP contribution in [0, 0.1) is 0 Å². The van der Waals surface area contributed by atoms with Crippen molar-refractivity contribution >= 4 is 5.82 Å². The number of nitrogens with zero attached hydrogens (tertiary/aromatic N) is 1. The van der Waals surface area contributed by atoms with Crippen molar-refractivity contribution < 1.29 is 9.15 Å². The van der Waals surface area contributed by atoms with E-state index < -0.39 is 0 Å². The Balaban J connectivity index is 1.93. The van der Waals surface area contributed by atoms with Gasteiger partial charge in [-0.3, -0.25) is 5.10 Å². The number of furan rings is 1. The van der Waals surface area contributed by atoms with Crippen LogP contribution in [0.4, 0.5) is 5.82 Å². The van der Waals surface area contributed by atoms with Crippen LogP contribution in [-0.2, 0) is 6.61 Å². The molecule has 0 saturated carbocycles. The van der Waals surface area contributed by atoms with Crippen LogP contribution < -0.4 is 10.5 Å². The van der Waals surface area contributed by atoms with Crippen LogP contribution in [0.5, 0.6) is 5.88 Å². The molecule has 0 aromatic carbocycles. The van der Waals surface area contributed by atoms with Crippen LogP contribution in [0.25, 0.3) is 0 Å². The fourth-order valence-electron chi connectivity index (χ4n) is 0.923. The fourth-order valence-corrected chi connectivity index (χ4v) is 0.923. The lowest BCUT2D eigenvalue weighted by Crippen LogP contribution is -1.93. The molecule has 0 bridgehead atoms. The average molecular weight is 179 g/mol. The topological polar surface area (TPSA) is 77.1 Å². The zero-order chi connectivity index (χ0) is 9.10. The highest BCUT2D eigenvalue weighted by atomic mass is 16.5. The third-order valence-corrected chi connectivity index (χ3v) is 1.54. The summed E-state index contributed by atoms with van der Waals surface area (Å²) in [6, 6.07) is 3.45. The average Bonchev–Trinajstić information content (AvgIpc) is 2.71. The molecular formula is C8H9N3O2. The minimum absolute atomic E-state index is 0.431. The Morgan fingerprint density at radius 3 is 3.15 bits per heavy atom. The van der Waals surface area contributed by atoms with Crippen molar-refractivity contribution in [1.82, 2.24) is 10.2 Å². The summed E-state index contributed by atoms with van der Waals surface area (Å²) in [5, 5.41) is 6.39. The maximum atomic E-state index is 5.41. The van der Waals surface area contributed by atoms with Crippen LogP contribution in [0.2, 0.25) is 0 Å². The smallest absolute Gasteiger partial charge is 0.235 e. The van der Waals surface area contributed by atoms with Gasteiger partial charge in [-0.2, -0.15) is 0 Å². The minimum atomic E-state index is 0.431. The zero-order valence-electron chi connectivity index (χ0n) is 6.86. The molecule has 0 radical (unpaired) electrons. The number of H-pyrrole nitrogens is 1. The van der Waals surface area contributed by atoms with Gasteiger partial charge in [0.25, 0.3) is 0 Å². The lowest BCUT2D eigenvalue weighted by molar-refractivity contribution is 0.292. The van der Waals surface area contributed by atoms with E-state index in [1.807, 2.05) is 6.07 Å². The summed E-state index contributed by atoms with van der Waals surface area (Å²) in [6.45, 7) is 0.431. The Labute approximate surface area is 74.5 Å². The van der Waals surface area contributed by atoms with E-state index in [-0.39, 0.29) is 0 Å². The van der Waals surface area contributed by atoms with Gasteiger partial charge in [-0.25, -0.2) is 0 Å². The van der Waals surface area contributed by atoms with Crippen LogP contribution in [0.3, 0.4) is 0 Å². The minimum Gasteiger partial charge on any atom is -0.472 e. The van der Waals surface area contributed by atoms with Crippen molar-refractivity contribution in [1.29, 1.82) is 0 Å². The maximum Gasteiger partial charge on any atom is 0.235 e. The first-order valence-electron chi connectivity index (χ1n) is 3.79. The third-order valence-electron chi connectivity index (χ3n) is 1.54. The number of hydrogen-bond donors (Lipinski definition) is 2. The Bertz CT molecular complexity index is 366. The molecule has 5 heteroatoms. The Morgan fingerprint density at radius 2 is 2.54 bits per heavy atom. The lowest BCUT2D eigenvalue weighted by Gasteiger charge is -1.97. The molecule has 68 valence electrons. The number of nitrogens with two attached hydrogens (primary N) is 1. The van der Waals surface area contributed by atoms with Gasteiger partial charge in [-0.05, 0) is 6.07 Å². The highest BCUT2D eigenvalue weighted by molar-refractivity contribution is 5.31. The van der Waals surface area contributed by atoms with Crippen LogP contribution >= 0.6 is 0 Å². The predicted octanol–water partition coefficient (Wildman–Crippen LogP) is 1.16. The summed E-state index contributed by atoms with van der Waals surface area (Å²) in [5.74, 6) is 0.973. The zero-order valence-corrected chi connectivity index (χ0v) is 6.86. The van der Waals surface area contributed by atoms with E-state index >= 15 is 0 Å². The first kappa shape index (κ1) is 7.72. The first-order chi connectivity index (χ1) is 6.34. The largest absolute Gasteiger partial charge is 0.472 e. The van der Waals surface area contributed by atoms with E-state index in [4.69, 9.17) is 14.9 Å². The second-order valence-corrected chi connectivity index (χ2v) is 2.58. The van der Waals surface area contributed by atoms with Gasteiger partial charge < -0.3 is 14.9 Å². The van der Waals surface area contributed by atoms with Gasteiger partial charge in [0.05, 0.1) is 12.5 Å². The normalized spacial score (nSPS) is 10.2. The summed E-state index contributed by atoms with van der Waals surface area (Å²) in [7, 11) is 0. The van der Waals surface area contributed by atoms with Gasteiger partial charge in [0.15, 0.2) is 0 Å². The summed E-state index contributed by atoms with van der Waals surface area (Å²) in [4.78, 5) is 0. The maximum absolute atomic E-state index is 5.41. The van der Waals surface area contributed by atoms with Crippen LogP contribution in [0.15, 0.2) is 29.1 Å². The highest BCUT2D eigenvalue weighted by Gasteiger charge is 1.99. The lowest BCUT2D eigenvalue weighted by atomic mass is 10.4. The van der Waals surface area contributed by atoms with Gasteiger partial charge in [-0.1, -0.05) is 0 Å². The number of nitrogens with one attached hydrogen (secondary N) is 1. The summed E-state index contributed by atoms with van der Waals surface area (Å²) >= 11 is 0. The number of aromatic amines is 1. The predicted molar refractivity (Wildman–Crippen MR) is 46.0 cm³/mol. The first-order valence-corrected chi connectivity index (χ1v) is 3.79. The Hall–Kier alpha value is -1.91. The molecule has 3 N–H and O–H groups in total. The SMILES string of the molecule is Nc1cc(OCc2ccoc2)n[nH]1. The Morgan fingerprint density at radius 1 is 1.62 bits per heavy atom. The summed E-state index contributed by atoms with van der Waals surface area (Å²) in [5.41, 5.74) is 6.37. The quantitative estimate of drug-likeness (QED) is 0.741. The molecule has 0 amide bonds. The van der Waals surface area contributed by atoms with Gasteiger partial charge in [0, 0.05) is 11.6 Å². The monoisotopic (exact) mass is 179 g/mol. The van der Waals surface area contributed by atoms with Crippen molar-refractivity contribution in [3.05, 3.63) is 30.2 Å². The van der Waals surface area contributed by atoms with E-state index in [1.54, 1.807) is 18.6 Å². The van der Waals surface area contributed by atoms with Crippen molar-refractivity contribution in [3.8, 4) is 5.88 Å². The van der Waals surface area contributed by atoms with E-state index in [2.05, 4.69) is 10.2 Å². The van der Waals surface area contributed by atoms with E-state index in [9.17, 15) is 0 Å². The number of nitrogen functional groups attached to an aromatic ring is 1. The van der Waals surface area contributed by atoms with Gasteiger partial charge in [0.1, 0.15) is 12.4 Å². The number of rotatable bonds is 3. The second-order valence-electron chi connectivity index (χ2n) is 2.58. The molecule has 5 nitrogen and oxygen atoms in total. The molecule has 0 fully saturated rings. The molecule has 2 heterocycles. The summed E-state index contributed by atoms with van der Waals surface area (Å²) < 4.78 is 10.2. The van der Waals surface area contributed by atoms with Gasteiger partial charge in [-0.15, -0.1) is 5.10 Å². The van der Waals surface area contributed by atoms with Crippen molar-refractivity contribution in [2.75, 3.05) is 5.73 Å². The Kier molecular flexibility index (Phi) is 1.91. The number of ether oxygens (including phenoxy) is 1. The van der Waals surface area contributed by atoms with Gasteiger partial charge >= 0.3 is 0 Å². The molecule has 0 aliphatic heterocycles. The van der Waals surface area contributed by atoms with Crippen LogP contribution in [0.1, 0.15) is 5.56 Å². The number of hydrogen-bond acceptors (Lipinski definition) is 4. The standard InChI is InChI=1S/C8H9N3O2/c9-7-3-8(11-10-7)13-5-6-1-2-12-4-6/h1-4H,5H2,(H3,9,10,11). The molecule has 0 aliphatic rings. The number of anilines is 1. The van der Waals surface area contributed by atoms with E-state index in [1.165, 1.54) is 0 Å². The van der Waals surface area contributed by atoms with E-state index in [0.717, 1.165) is 5.56 Å². The van der Waals surface area contributed by atoms with Crippen molar-refractivity contribution in [2.45, 2.75) is 6.61 Å². The fraction of sp³-hybridized carbons (Fsp3) is 0.125. The molecule has 2 rings (SSSR count). The molecule has 13 heavy (non-hydrogen) atoms. The van der Waals surface area contributed by atoms with Crippen molar-refractivity contribution in [3.63, 3.8) is 0 Å². The van der Waals surface area contributed by atoms with Gasteiger partial charge in [0.2, 0.25) is 5.88 Å². The molecule has 0 atom stereocenters. The molecule has 0 aliphatic carbocycles. The van der Waals surface area contributed by atoms with Crippen LogP contribution in [-0.4, -0.2) is 10.2 Å². The molecule has 0 spiro atoms. The molecule has 0 saturated heterocycles. The molecule has 2 aromatic heterocycles. The van der Waals surface area contributed by atoms with E-state index in [0.29, 0.717) is 18.3 Å². The molecule has 2 aromatic rings. The summed E-state index contributed by atoms with van der Waals surface area (Å²) in [6.07, 6.45) is 3.22. The number of aromatic nitrogens is 2. The second kappa shape index (κ2) is 3.22. The van der Waals surface area contributed by atoms with Crippen molar-refractivity contribution in [2.24, 2.45) is 0 Å². The third kappa shape index (κ3) is 1.81. The highest BCUT2D eigenvalue weighted by Crippen LogP contribution is 2.11.